The topological polar surface area (TPSA) is 54.9 Å². The second-order valence-corrected chi connectivity index (χ2v) is 6.50. The summed E-state index contributed by atoms with van der Waals surface area (Å²) in [5, 5.41) is 6.88. The predicted molar refractivity (Wildman–Crippen MR) is 99.2 cm³/mol. The fraction of sp³-hybridized carbons (Fsp3) is 0.632. The van der Waals surface area contributed by atoms with Crippen LogP contribution in [0.5, 0.6) is 11.5 Å². The van der Waals surface area contributed by atoms with Crippen LogP contribution in [-0.4, -0.2) is 40.3 Å². The van der Waals surface area contributed by atoms with Gasteiger partial charge in [-0.25, -0.2) is 0 Å². The van der Waals surface area contributed by atoms with Crippen molar-refractivity contribution in [1.29, 1.82) is 0 Å². The molecule has 5 heteroatoms. The monoisotopic (exact) mass is 333 g/mol. The Kier molecular flexibility index (Phi) is 6.76. The first-order valence-electron chi connectivity index (χ1n) is 8.82. The van der Waals surface area contributed by atoms with Crippen LogP contribution in [0.3, 0.4) is 0 Å². The van der Waals surface area contributed by atoms with Crippen LogP contribution in [0.25, 0.3) is 0 Å². The van der Waals surface area contributed by atoms with Crippen LogP contribution < -0.4 is 20.1 Å². The summed E-state index contributed by atoms with van der Waals surface area (Å²) in [6.45, 7) is 4.13. The Labute approximate surface area is 145 Å². The van der Waals surface area contributed by atoms with Crippen molar-refractivity contribution in [3.05, 3.63) is 23.8 Å². The van der Waals surface area contributed by atoms with E-state index in [0.29, 0.717) is 5.41 Å². The third-order valence-electron chi connectivity index (χ3n) is 5.17. The molecule has 5 nitrogen and oxygen atoms in total. The third kappa shape index (κ3) is 4.56. The van der Waals surface area contributed by atoms with Crippen molar-refractivity contribution in [2.75, 3.05) is 34.4 Å². The van der Waals surface area contributed by atoms with Gasteiger partial charge in [-0.2, -0.15) is 0 Å². The zero-order valence-corrected chi connectivity index (χ0v) is 15.4. The average molecular weight is 333 g/mol. The highest BCUT2D eigenvalue weighted by Gasteiger charge is 2.34. The lowest BCUT2D eigenvalue weighted by atomic mass is 9.67. The standard InChI is InChI=1S/C19H31N3O2/c1-5-19(10-6-11-19)14-22-18(20-2)21-12-9-15-7-8-16(23-3)17(13-15)24-4/h7-8,13H,5-6,9-12,14H2,1-4H3,(H2,20,21,22). The van der Waals surface area contributed by atoms with Gasteiger partial charge >= 0.3 is 0 Å². The molecule has 0 bridgehead atoms. The molecule has 1 fully saturated rings. The summed E-state index contributed by atoms with van der Waals surface area (Å²) in [5.74, 6) is 2.42. The fourth-order valence-electron chi connectivity index (χ4n) is 3.19. The van der Waals surface area contributed by atoms with Crippen molar-refractivity contribution in [3.63, 3.8) is 0 Å². The molecule has 0 unspecified atom stereocenters. The number of benzene rings is 1. The molecule has 2 N–H and O–H groups in total. The SMILES string of the molecule is CCC1(CNC(=NC)NCCc2ccc(OC)c(OC)c2)CCC1. The van der Waals surface area contributed by atoms with E-state index in [4.69, 9.17) is 9.47 Å². The minimum Gasteiger partial charge on any atom is -0.493 e. The summed E-state index contributed by atoms with van der Waals surface area (Å²) in [6.07, 6.45) is 6.17. The lowest BCUT2D eigenvalue weighted by Gasteiger charge is -2.41. The van der Waals surface area contributed by atoms with Crippen LogP contribution >= 0.6 is 0 Å². The van der Waals surface area contributed by atoms with Crippen LogP contribution in [0.15, 0.2) is 23.2 Å². The Bertz CT molecular complexity index is 548. The number of aliphatic imine (C=N–C) groups is 1. The van der Waals surface area contributed by atoms with Gasteiger partial charge in [0.25, 0.3) is 0 Å². The quantitative estimate of drug-likeness (QED) is 0.567. The van der Waals surface area contributed by atoms with E-state index in [-0.39, 0.29) is 0 Å². The number of rotatable bonds is 8. The highest BCUT2D eigenvalue weighted by atomic mass is 16.5. The molecule has 0 spiro atoms. The Morgan fingerprint density at radius 2 is 1.92 bits per heavy atom. The molecule has 0 aliphatic heterocycles. The van der Waals surface area contributed by atoms with Gasteiger partial charge in [0.1, 0.15) is 0 Å². The summed E-state index contributed by atoms with van der Waals surface area (Å²) in [5.41, 5.74) is 1.70. The van der Waals surface area contributed by atoms with Gasteiger partial charge in [-0.15, -0.1) is 0 Å². The Hall–Kier alpha value is -1.91. The van der Waals surface area contributed by atoms with Gasteiger partial charge in [0.05, 0.1) is 14.2 Å². The van der Waals surface area contributed by atoms with Gasteiger partial charge < -0.3 is 20.1 Å². The van der Waals surface area contributed by atoms with E-state index in [2.05, 4.69) is 28.6 Å². The second kappa shape index (κ2) is 8.81. The molecule has 1 aliphatic carbocycles. The van der Waals surface area contributed by atoms with Crippen LogP contribution in [0, 0.1) is 5.41 Å². The summed E-state index contributed by atoms with van der Waals surface area (Å²) in [7, 11) is 5.14. The van der Waals surface area contributed by atoms with Crippen molar-refractivity contribution in [1.82, 2.24) is 10.6 Å². The predicted octanol–water partition coefficient (Wildman–Crippen LogP) is 2.99. The largest absolute Gasteiger partial charge is 0.493 e. The summed E-state index contributed by atoms with van der Waals surface area (Å²) in [4.78, 5) is 4.33. The number of methoxy groups -OCH3 is 2. The molecule has 24 heavy (non-hydrogen) atoms. The van der Waals surface area contributed by atoms with E-state index < -0.39 is 0 Å². The minimum atomic E-state index is 0.487. The third-order valence-corrected chi connectivity index (χ3v) is 5.17. The summed E-state index contributed by atoms with van der Waals surface area (Å²) < 4.78 is 10.6. The van der Waals surface area contributed by atoms with Crippen molar-refractivity contribution >= 4 is 5.96 Å². The molecule has 0 radical (unpaired) electrons. The second-order valence-electron chi connectivity index (χ2n) is 6.50. The number of nitrogens with one attached hydrogen (secondary N) is 2. The summed E-state index contributed by atoms with van der Waals surface area (Å²) in [6, 6.07) is 6.04. The molecule has 2 rings (SSSR count). The van der Waals surface area contributed by atoms with Crippen LogP contribution in [0.4, 0.5) is 0 Å². The van der Waals surface area contributed by atoms with Crippen molar-refractivity contribution < 1.29 is 9.47 Å². The Balaban J connectivity index is 1.79. The van der Waals surface area contributed by atoms with Gasteiger partial charge in [-0.1, -0.05) is 19.4 Å². The smallest absolute Gasteiger partial charge is 0.191 e. The zero-order chi connectivity index (χ0) is 17.4. The van der Waals surface area contributed by atoms with E-state index in [9.17, 15) is 0 Å². The molecule has 0 saturated heterocycles. The van der Waals surface area contributed by atoms with E-state index in [1.807, 2.05) is 19.2 Å². The van der Waals surface area contributed by atoms with Gasteiger partial charge in [0.2, 0.25) is 0 Å². The lowest BCUT2D eigenvalue weighted by molar-refractivity contribution is 0.131. The fourth-order valence-corrected chi connectivity index (χ4v) is 3.19. The zero-order valence-electron chi connectivity index (χ0n) is 15.4. The molecular formula is C19H31N3O2. The van der Waals surface area contributed by atoms with E-state index in [1.165, 1.54) is 31.2 Å². The maximum atomic E-state index is 5.35. The maximum absolute atomic E-state index is 5.35. The van der Waals surface area contributed by atoms with E-state index in [1.54, 1.807) is 14.2 Å². The molecule has 1 aromatic carbocycles. The highest BCUT2D eigenvalue weighted by molar-refractivity contribution is 5.79. The van der Waals surface area contributed by atoms with Crippen LogP contribution in [0.1, 0.15) is 38.2 Å². The number of ether oxygens (including phenoxy) is 2. The Morgan fingerprint density at radius 1 is 1.17 bits per heavy atom. The average Bonchev–Trinajstić information content (AvgIpc) is 2.59. The van der Waals surface area contributed by atoms with Crippen LogP contribution in [-0.2, 0) is 6.42 Å². The van der Waals surface area contributed by atoms with E-state index >= 15 is 0 Å². The number of guanidine groups is 1. The lowest BCUT2D eigenvalue weighted by Crippen LogP contribution is -2.46. The molecule has 1 aliphatic rings. The molecule has 0 heterocycles. The Morgan fingerprint density at radius 3 is 2.46 bits per heavy atom. The first-order valence-corrected chi connectivity index (χ1v) is 8.82. The van der Waals surface area contributed by atoms with Crippen LogP contribution in [0.2, 0.25) is 0 Å². The van der Waals surface area contributed by atoms with Gasteiger partial charge in [0.15, 0.2) is 17.5 Å². The van der Waals surface area contributed by atoms with E-state index in [0.717, 1.165) is 37.0 Å². The van der Waals surface area contributed by atoms with Gasteiger partial charge in [-0.05, 0) is 48.8 Å². The first kappa shape index (κ1) is 18.4. The minimum absolute atomic E-state index is 0.487. The highest BCUT2D eigenvalue weighted by Crippen LogP contribution is 2.42. The number of hydrogen-bond acceptors (Lipinski definition) is 3. The molecule has 134 valence electrons. The summed E-state index contributed by atoms with van der Waals surface area (Å²) >= 11 is 0. The molecule has 0 amide bonds. The molecular weight excluding hydrogens is 302 g/mol. The first-order chi connectivity index (χ1) is 11.7. The molecule has 1 saturated carbocycles. The molecule has 0 atom stereocenters. The molecule has 0 aromatic heterocycles. The van der Waals surface area contributed by atoms with Crippen molar-refractivity contribution in [2.45, 2.75) is 39.0 Å². The maximum Gasteiger partial charge on any atom is 0.191 e. The van der Waals surface area contributed by atoms with Gasteiger partial charge in [0, 0.05) is 20.1 Å². The van der Waals surface area contributed by atoms with Crippen molar-refractivity contribution in [3.8, 4) is 11.5 Å². The van der Waals surface area contributed by atoms with Gasteiger partial charge in [-0.3, -0.25) is 4.99 Å². The number of nitrogens with zero attached hydrogens (tertiary/aromatic N) is 1. The normalized spacial score (nSPS) is 16.2. The number of hydrogen-bond donors (Lipinski definition) is 2. The molecule has 1 aromatic rings. The van der Waals surface area contributed by atoms with Crippen molar-refractivity contribution in [2.24, 2.45) is 10.4 Å².